The number of piperidine rings is 1. The number of nitrogens with one attached hydrogen (secondary N) is 2. The molecule has 0 aromatic heterocycles. The van der Waals surface area contributed by atoms with Crippen molar-refractivity contribution in [3.8, 4) is 0 Å². The first-order valence-electron chi connectivity index (χ1n) is 18.5. The van der Waals surface area contributed by atoms with E-state index in [1.807, 2.05) is 62.4 Å². The molecule has 1 aliphatic heterocycles. The molecule has 2 aromatic rings. The summed E-state index contributed by atoms with van der Waals surface area (Å²) in [6, 6.07) is 18.8. The van der Waals surface area contributed by atoms with Gasteiger partial charge in [0.2, 0.25) is 11.8 Å². The first-order chi connectivity index (χ1) is 24.3. The Morgan fingerprint density at radius 1 is 0.882 bits per heavy atom. The molecule has 0 bridgehead atoms. The summed E-state index contributed by atoms with van der Waals surface area (Å²) < 4.78 is 0. The highest BCUT2D eigenvalue weighted by Crippen LogP contribution is 2.25. The van der Waals surface area contributed by atoms with Gasteiger partial charge in [0.15, 0.2) is 5.78 Å². The average Bonchev–Trinajstić information content (AvgIpc) is 3.11. The zero-order chi connectivity index (χ0) is 37.4. The summed E-state index contributed by atoms with van der Waals surface area (Å²) >= 11 is 0. The molecule has 0 radical (unpaired) electrons. The minimum atomic E-state index is -1.37. The molecular weight excluding hydrogens is 646 g/mol. The molecule has 51 heavy (non-hydrogen) atoms. The third-order valence-electron chi connectivity index (χ3n) is 9.92. The molecular formula is C40H59N5O6. The maximum atomic E-state index is 14.0. The Bertz CT molecular complexity index is 1410. The maximum absolute atomic E-state index is 14.0. The van der Waals surface area contributed by atoms with Gasteiger partial charge in [-0.2, -0.15) is 0 Å². The fourth-order valence-electron chi connectivity index (χ4n) is 6.69. The van der Waals surface area contributed by atoms with E-state index in [0.29, 0.717) is 45.2 Å². The summed E-state index contributed by atoms with van der Waals surface area (Å²) in [6.45, 7) is 7.64. The molecule has 1 saturated heterocycles. The smallest absolute Gasteiger partial charge is 0.323 e. The zero-order valence-corrected chi connectivity index (χ0v) is 30.7. The second-order valence-corrected chi connectivity index (χ2v) is 14.7. The van der Waals surface area contributed by atoms with Crippen molar-refractivity contribution in [2.24, 2.45) is 29.2 Å². The number of likely N-dealkylation sites (tertiary alicyclic amines) is 1. The van der Waals surface area contributed by atoms with Crippen LogP contribution in [0.4, 0.5) is 0 Å². The summed E-state index contributed by atoms with van der Waals surface area (Å²) in [5.41, 5.74) is 12.5. The number of carbonyl (C=O) groups excluding carboxylic acids is 4. The molecule has 0 aliphatic carbocycles. The van der Waals surface area contributed by atoms with Crippen molar-refractivity contribution in [1.82, 2.24) is 15.5 Å². The lowest BCUT2D eigenvalue weighted by atomic mass is 9.86. The van der Waals surface area contributed by atoms with Crippen LogP contribution in [0.2, 0.25) is 0 Å². The van der Waals surface area contributed by atoms with E-state index in [1.54, 1.807) is 4.90 Å². The van der Waals surface area contributed by atoms with Crippen molar-refractivity contribution >= 4 is 29.4 Å². The first kappa shape index (κ1) is 41.5. The predicted molar refractivity (Wildman–Crippen MR) is 199 cm³/mol. The van der Waals surface area contributed by atoms with Crippen LogP contribution in [0.5, 0.6) is 0 Å². The molecule has 11 nitrogen and oxygen atoms in total. The molecule has 1 heterocycles. The number of unbranched alkanes of at least 4 members (excludes halogenated alkanes) is 1. The van der Waals surface area contributed by atoms with Crippen LogP contribution in [-0.2, 0) is 30.4 Å². The van der Waals surface area contributed by atoms with Crippen LogP contribution in [0, 0.1) is 17.8 Å². The standard InChI is InChI=1S/C40H59N5O6/c1-28(2)22-35(36(47)25-32(16-10-11-19-41)38(49)45-20-17-40(42,18-21-45)39(50)51)44-37(48)33(23-30-12-6-4-7-13-30)24-34(46)27-43-26-29(3)31-14-8-5-9-15-31/h4-9,12-15,28-29,32-33,35,43H,10-11,16-27,41-42H2,1-3H3,(H,44,48)(H,50,51)/t29-,32-,33-,35+/m0/s1. The molecule has 1 aliphatic rings. The third kappa shape index (κ3) is 13.6. The topological polar surface area (TPSA) is 185 Å². The van der Waals surface area contributed by atoms with E-state index in [4.69, 9.17) is 11.5 Å². The molecule has 0 saturated carbocycles. The number of nitrogens with two attached hydrogens (primary N) is 2. The van der Waals surface area contributed by atoms with Gasteiger partial charge < -0.3 is 32.1 Å². The second-order valence-electron chi connectivity index (χ2n) is 14.7. The molecule has 1 fully saturated rings. The second kappa shape index (κ2) is 20.8. The molecule has 4 atom stereocenters. The number of carboxylic acid groups (broad SMARTS) is 1. The van der Waals surface area contributed by atoms with Crippen LogP contribution in [0.15, 0.2) is 60.7 Å². The quantitative estimate of drug-likeness (QED) is 0.114. The lowest BCUT2D eigenvalue weighted by Crippen LogP contribution is -2.57. The van der Waals surface area contributed by atoms with Gasteiger partial charge in [-0.25, -0.2) is 0 Å². The number of rotatable bonds is 22. The number of amides is 2. The van der Waals surface area contributed by atoms with Crippen molar-refractivity contribution < 1.29 is 29.1 Å². The average molecular weight is 706 g/mol. The lowest BCUT2D eigenvalue weighted by Gasteiger charge is -2.38. The van der Waals surface area contributed by atoms with Gasteiger partial charge in [-0.05, 0) is 68.0 Å². The van der Waals surface area contributed by atoms with Crippen molar-refractivity contribution in [1.29, 1.82) is 0 Å². The van der Waals surface area contributed by atoms with Crippen molar-refractivity contribution in [3.63, 3.8) is 0 Å². The number of nitrogens with zero attached hydrogens (tertiary/aromatic N) is 1. The Morgan fingerprint density at radius 3 is 2.10 bits per heavy atom. The largest absolute Gasteiger partial charge is 0.480 e. The van der Waals surface area contributed by atoms with Gasteiger partial charge in [0.05, 0.1) is 12.6 Å². The highest BCUT2D eigenvalue weighted by molar-refractivity contribution is 5.94. The van der Waals surface area contributed by atoms with Gasteiger partial charge in [-0.3, -0.25) is 24.0 Å². The van der Waals surface area contributed by atoms with Gasteiger partial charge in [0.1, 0.15) is 11.3 Å². The highest BCUT2D eigenvalue weighted by atomic mass is 16.4. The minimum absolute atomic E-state index is 0.0180. The number of carbonyl (C=O) groups is 5. The molecule has 11 heteroatoms. The Balaban J connectivity index is 1.71. The molecule has 2 amide bonds. The van der Waals surface area contributed by atoms with Gasteiger partial charge in [0, 0.05) is 44.3 Å². The number of hydrogen-bond donors (Lipinski definition) is 5. The molecule has 0 spiro atoms. The number of benzene rings is 2. The Kier molecular flexibility index (Phi) is 16.9. The van der Waals surface area contributed by atoms with E-state index >= 15 is 0 Å². The van der Waals surface area contributed by atoms with E-state index in [1.165, 1.54) is 5.56 Å². The van der Waals surface area contributed by atoms with Crippen molar-refractivity contribution in [3.05, 3.63) is 71.8 Å². The molecule has 7 N–H and O–H groups in total. The van der Waals surface area contributed by atoms with Crippen molar-refractivity contribution in [2.75, 3.05) is 32.7 Å². The lowest BCUT2D eigenvalue weighted by molar-refractivity contribution is -0.149. The monoisotopic (exact) mass is 705 g/mol. The number of Topliss-reactive ketones (excluding diaryl/α,β-unsaturated/α-hetero) is 2. The van der Waals surface area contributed by atoms with Crippen LogP contribution in [0.1, 0.15) is 89.2 Å². The van der Waals surface area contributed by atoms with Gasteiger partial charge in [0.25, 0.3) is 0 Å². The Hall–Kier alpha value is -3.93. The van der Waals surface area contributed by atoms with Crippen LogP contribution in [0.3, 0.4) is 0 Å². The Labute approximate surface area is 303 Å². The number of aliphatic carboxylic acids is 1. The van der Waals surface area contributed by atoms with Crippen LogP contribution in [-0.4, -0.2) is 83.7 Å². The third-order valence-corrected chi connectivity index (χ3v) is 9.92. The summed E-state index contributed by atoms with van der Waals surface area (Å²) in [6.07, 6.45) is 2.76. The summed E-state index contributed by atoms with van der Waals surface area (Å²) in [7, 11) is 0. The summed E-state index contributed by atoms with van der Waals surface area (Å²) in [5.74, 6) is -3.00. The summed E-state index contributed by atoms with van der Waals surface area (Å²) in [4.78, 5) is 68.2. The summed E-state index contributed by atoms with van der Waals surface area (Å²) in [5, 5.41) is 15.8. The van der Waals surface area contributed by atoms with E-state index < -0.39 is 29.4 Å². The number of ketones is 2. The fraction of sp³-hybridized carbons (Fsp3) is 0.575. The first-order valence-corrected chi connectivity index (χ1v) is 18.5. The van der Waals surface area contributed by atoms with Gasteiger partial charge >= 0.3 is 5.97 Å². The van der Waals surface area contributed by atoms with E-state index in [2.05, 4.69) is 29.7 Å². The molecule has 280 valence electrons. The zero-order valence-electron chi connectivity index (χ0n) is 30.7. The minimum Gasteiger partial charge on any atom is -0.480 e. The predicted octanol–water partition coefficient (Wildman–Crippen LogP) is 3.84. The highest BCUT2D eigenvalue weighted by Gasteiger charge is 2.40. The normalized spacial score (nSPS) is 16.5. The van der Waals surface area contributed by atoms with E-state index in [-0.39, 0.29) is 80.5 Å². The van der Waals surface area contributed by atoms with Gasteiger partial charge in [-0.1, -0.05) is 87.9 Å². The van der Waals surface area contributed by atoms with Gasteiger partial charge in [-0.15, -0.1) is 0 Å². The SMILES string of the molecule is CC(C)C[C@@H](NC(=O)[C@H](CC(=O)CNC[C@H](C)c1ccccc1)Cc1ccccc1)C(=O)C[C@H](CCCCN)C(=O)N1CCC(N)(C(=O)O)CC1. The van der Waals surface area contributed by atoms with Crippen LogP contribution >= 0.6 is 0 Å². The molecule has 3 rings (SSSR count). The van der Waals surface area contributed by atoms with Crippen LogP contribution in [0.25, 0.3) is 0 Å². The fourth-order valence-corrected chi connectivity index (χ4v) is 6.69. The molecule has 0 unspecified atom stereocenters. The number of carboxylic acids is 1. The molecule has 2 aromatic carbocycles. The number of hydrogen-bond acceptors (Lipinski definition) is 8. The van der Waals surface area contributed by atoms with E-state index in [0.717, 1.165) is 5.56 Å². The van der Waals surface area contributed by atoms with Crippen molar-refractivity contribution in [2.45, 2.75) is 96.1 Å². The maximum Gasteiger partial charge on any atom is 0.323 e. The van der Waals surface area contributed by atoms with Crippen LogP contribution < -0.4 is 22.1 Å². The van der Waals surface area contributed by atoms with E-state index in [9.17, 15) is 29.1 Å². The Morgan fingerprint density at radius 2 is 1.51 bits per heavy atom.